The topological polar surface area (TPSA) is 37.8 Å². The van der Waals surface area contributed by atoms with E-state index in [2.05, 4.69) is 53.9 Å². The number of benzene rings is 1. The lowest BCUT2D eigenvalue weighted by molar-refractivity contribution is 0.688. The average molecular weight is 261 g/mol. The van der Waals surface area contributed by atoms with E-state index in [0.717, 1.165) is 12.1 Å². The summed E-state index contributed by atoms with van der Waals surface area (Å²) in [6.45, 7) is 6.40. The lowest BCUT2D eigenvalue weighted by atomic mass is 9.97. The summed E-state index contributed by atoms with van der Waals surface area (Å²) in [4.78, 5) is 1.23. The van der Waals surface area contributed by atoms with Crippen LogP contribution in [0.25, 0.3) is 0 Å². The molecule has 0 fully saturated rings. The van der Waals surface area contributed by atoms with Crippen molar-refractivity contribution >= 4 is 11.5 Å². The summed E-state index contributed by atoms with van der Waals surface area (Å²) < 4.78 is 4.09. The molecule has 2 aromatic rings. The molecule has 0 radical (unpaired) electrons. The summed E-state index contributed by atoms with van der Waals surface area (Å²) >= 11 is 1.49. The van der Waals surface area contributed by atoms with Crippen LogP contribution in [0, 0.1) is 13.8 Å². The zero-order valence-corrected chi connectivity index (χ0v) is 12.1. The van der Waals surface area contributed by atoms with Crippen molar-refractivity contribution in [1.82, 2.24) is 14.9 Å². The largest absolute Gasteiger partial charge is 0.309 e. The lowest BCUT2D eigenvalue weighted by Gasteiger charge is -2.18. The molecule has 1 aromatic heterocycles. The Kier molecular flexibility index (Phi) is 4.09. The normalized spacial score (nSPS) is 12.7. The fourth-order valence-electron chi connectivity index (χ4n) is 2.26. The fraction of sp³-hybridized carbons (Fsp3) is 0.429. The van der Waals surface area contributed by atoms with Gasteiger partial charge < -0.3 is 5.32 Å². The predicted molar refractivity (Wildman–Crippen MR) is 76.1 cm³/mol. The van der Waals surface area contributed by atoms with Crippen molar-refractivity contribution in [1.29, 1.82) is 0 Å². The van der Waals surface area contributed by atoms with E-state index in [9.17, 15) is 0 Å². The Balaban J connectivity index is 2.45. The first-order chi connectivity index (χ1) is 8.67. The third-order valence-electron chi connectivity index (χ3n) is 3.21. The van der Waals surface area contributed by atoms with Gasteiger partial charge in [0, 0.05) is 0 Å². The molecule has 0 saturated heterocycles. The van der Waals surface area contributed by atoms with Crippen LogP contribution in [0.1, 0.15) is 40.2 Å². The maximum Gasteiger partial charge on any atom is 0.0804 e. The monoisotopic (exact) mass is 261 g/mol. The van der Waals surface area contributed by atoms with E-state index in [1.54, 1.807) is 0 Å². The van der Waals surface area contributed by atoms with Crippen molar-refractivity contribution in [3.05, 3.63) is 45.5 Å². The second-order valence-corrected chi connectivity index (χ2v) is 5.30. The molecule has 0 spiro atoms. The molecule has 18 heavy (non-hydrogen) atoms. The van der Waals surface area contributed by atoms with Gasteiger partial charge in [-0.05, 0) is 50.0 Å². The highest BCUT2D eigenvalue weighted by molar-refractivity contribution is 7.05. The molecule has 2 rings (SSSR count). The zero-order valence-electron chi connectivity index (χ0n) is 11.3. The Bertz CT molecular complexity index is 534. The van der Waals surface area contributed by atoms with Crippen LogP contribution >= 0.6 is 11.5 Å². The van der Waals surface area contributed by atoms with Crippen LogP contribution in [0.2, 0.25) is 0 Å². The van der Waals surface area contributed by atoms with E-state index in [4.69, 9.17) is 0 Å². The highest BCUT2D eigenvalue weighted by Crippen LogP contribution is 2.29. The number of aromatic nitrogens is 2. The Morgan fingerprint density at radius 3 is 2.72 bits per heavy atom. The van der Waals surface area contributed by atoms with Crippen LogP contribution in [0.3, 0.4) is 0 Å². The smallest absolute Gasteiger partial charge is 0.0804 e. The molecule has 0 aliphatic carbocycles. The van der Waals surface area contributed by atoms with Crippen LogP contribution in [0.4, 0.5) is 0 Å². The standard InChI is InChI=1S/C14H19N3S/c1-5-12-14(18-17-16-12)13(15-4)11-7-6-9(2)8-10(11)3/h6-8,13,15H,5H2,1-4H3. The first-order valence-corrected chi connectivity index (χ1v) is 7.00. The summed E-state index contributed by atoms with van der Waals surface area (Å²) in [6.07, 6.45) is 0.926. The molecule has 0 amide bonds. The number of hydrogen-bond acceptors (Lipinski definition) is 4. The molecule has 4 heteroatoms. The Morgan fingerprint density at radius 2 is 2.11 bits per heavy atom. The van der Waals surface area contributed by atoms with Gasteiger partial charge in [0.05, 0.1) is 16.6 Å². The molecule has 1 N–H and O–H groups in total. The van der Waals surface area contributed by atoms with Crippen LogP contribution in [0.5, 0.6) is 0 Å². The van der Waals surface area contributed by atoms with Gasteiger partial charge in [-0.3, -0.25) is 0 Å². The second-order valence-electron chi connectivity index (χ2n) is 4.52. The van der Waals surface area contributed by atoms with E-state index in [0.29, 0.717) is 0 Å². The molecule has 0 saturated carbocycles. The van der Waals surface area contributed by atoms with Crippen molar-refractivity contribution in [3.63, 3.8) is 0 Å². The minimum atomic E-state index is 0.195. The Hall–Kier alpha value is -1.26. The fourth-order valence-corrected chi connectivity index (χ4v) is 3.13. The van der Waals surface area contributed by atoms with Crippen molar-refractivity contribution in [2.45, 2.75) is 33.2 Å². The third kappa shape index (κ3) is 2.44. The molecule has 0 aliphatic heterocycles. The second kappa shape index (κ2) is 5.59. The van der Waals surface area contributed by atoms with Gasteiger partial charge in [-0.15, -0.1) is 5.10 Å². The van der Waals surface area contributed by atoms with E-state index < -0.39 is 0 Å². The summed E-state index contributed by atoms with van der Waals surface area (Å²) in [5.74, 6) is 0. The van der Waals surface area contributed by atoms with E-state index >= 15 is 0 Å². The van der Waals surface area contributed by atoms with E-state index in [1.807, 2.05) is 7.05 Å². The molecular formula is C14H19N3S. The van der Waals surface area contributed by atoms with Crippen molar-refractivity contribution in [2.75, 3.05) is 7.05 Å². The van der Waals surface area contributed by atoms with E-state index in [1.165, 1.54) is 33.1 Å². The van der Waals surface area contributed by atoms with Gasteiger partial charge in [0.2, 0.25) is 0 Å². The third-order valence-corrected chi connectivity index (χ3v) is 4.04. The van der Waals surface area contributed by atoms with Gasteiger partial charge in [0.1, 0.15) is 0 Å². The SMILES string of the molecule is CCc1nnsc1C(NC)c1ccc(C)cc1C. The number of nitrogens with zero attached hydrogens (tertiary/aromatic N) is 2. The molecule has 3 nitrogen and oxygen atoms in total. The minimum Gasteiger partial charge on any atom is -0.309 e. The predicted octanol–water partition coefficient (Wildman–Crippen LogP) is 3.03. The molecule has 1 heterocycles. The van der Waals surface area contributed by atoms with Gasteiger partial charge in [0.15, 0.2) is 0 Å². The quantitative estimate of drug-likeness (QED) is 0.919. The zero-order chi connectivity index (χ0) is 13.1. The van der Waals surface area contributed by atoms with Gasteiger partial charge >= 0.3 is 0 Å². The number of nitrogens with one attached hydrogen (secondary N) is 1. The minimum absolute atomic E-state index is 0.195. The van der Waals surface area contributed by atoms with Crippen molar-refractivity contribution < 1.29 is 0 Å². The lowest BCUT2D eigenvalue weighted by Crippen LogP contribution is -2.19. The molecule has 1 unspecified atom stereocenters. The summed E-state index contributed by atoms with van der Waals surface area (Å²) in [5, 5.41) is 7.59. The van der Waals surface area contributed by atoms with Gasteiger partial charge in [-0.1, -0.05) is 35.2 Å². The molecule has 0 bridgehead atoms. The highest BCUT2D eigenvalue weighted by atomic mass is 32.1. The molecule has 96 valence electrons. The van der Waals surface area contributed by atoms with Crippen LogP contribution in [0.15, 0.2) is 18.2 Å². The van der Waals surface area contributed by atoms with Gasteiger partial charge in [0.25, 0.3) is 0 Å². The Morgan fingerprint density at radius 1 is 1.33 bits per heavy atom. The Labute approximate surface area is 112 Å². The average Bonchev–Trinajstić information content (AvgIpc) is 2.81. The molecule has 1 aromatic carbocycles. The first-order valence-electron chi connectivity index (χ1n) is 6.23. The van der Waals surface area contributed by atoms with Crippen molar-refractivity contribution in [3.8, 4) is 0 Å². The van der Waals surface area contributed by atoms with Crippen LogP contribution in [-0.2, 0) is 6.42 Å². The molecule has 0 aliphatic rings. The van der Waals surface area contributed by atoms with Crippen LogP contribution in [-0.4, -0.2) is 16.6 Å². The first kappa shape index (κ1) is 13.2. The summed E-state index contributed by atoms with van der Waals surface area (Å²) in [5.41, 5.74) is 5.01. The summed E-state index contributed by atoms with van der Waals surface area (Å²) in [7, 11) is 1.99. The van der Waals surface area contributed by atoms with Crippen molar-refractivity contribution in [2.24, 2.45) is 0 Å². The van der Waals surface area contributed by atoms with Crippen LogP contribution < -0.4 is 5.32 Å². The maximum atomic E-state index is 4.20. The van der Waals surface area contributed by atoms with E-state index in [-0.39, 0.29) is 6.04 Å². The summed E-state index contributed by atoms with van der Waals surface area (Å²) in [6, 6.07) is 6.78. The number of rotatable bonds is 4. The van der Waals surface area contributed by atoms with Gasteiger partial charge in [-0.25, -0.2) is 0 Å². The van der Waals surface area contributed by atoms with Gasteiger partial charge in [-0.2, -0.15) is 0 Å². The highest BCUT2D eigenvalue weighted by Gasteiger charge is 2.20. The number of hydrogen-bond donors (Lipinski definition) is 1. The molecular weight excluding hydrogens is 242 g/mol. The maximum absolute atomic E-state index is 4.20. The number of aryl methyl sites for hydroxylation is 3. The molecule has 1 atom stereocenters.